The monoisotopic (exact) mass is 442 g/mol. The summed E-state index contributed by atoms with van der Waals surface area (Å²) in [5, 5.41) is 5.61. The Labute approximate surface area is 178 Å². The zero-order valence-corrected chi connectivity index (χ0v) is 18.2. The van der Waals surface area contributed by atoms with E-state index in [0.717, 1.165) is 5.56 Å². The van der Waals surface area contributed by atoms with E-state index in [2.05, 4.69) is 20.1 Å². The van der Waals surface area contributed by atoms with Gasteiger partial charge in [-0.2, -0.15) is 0 Å². The van der Waals surface area contributed by atoms with Gasteiger partial charge in [0.2, 0.25) is 11.8 Å². The zero-order valence-electron chi connectivity index (χ0n) is 16.5. The minimum Gasteiger partial charge on any atom is -0.468 e. The van der Waals surface area contributed by atoms with Crippen LogP contribution in [-0.2, 0) is 35.2 Å². The molecule has 29 heavy (non-hydrogen) atoms. The SMILES string of the molecule is COC(=O)CSCCC(=O)NCc1cccc(NC(=O)CCSCC(=O)OC)c1. The molecule has 0 atom stereocenters. The topological polar surface area (TPSA) is 111 Å². The van der Waals surface area contributed by atoms with E-state index in [4.69, 9.17) is 0 Å². The third kappa shape index (κ3) is 12.1. The van der Waals surface area contributed by atoms with Crippen molar-refractivity contribution in [3.8, 4) is 0 Å². The highest BCUT2D eigenvalue weighted by Crippen LogP contribution is 2.12. The smallest absolute Gasteiger partial charge is 0.315 e. The first-order chi connectivity index (χ1) is 13.9. The van der Waals surface area contributed by atoms with Crippen LogP contribution in [0.3, 0.4) is 0 Å². The molecular weight excluding hydrogens is 416 g/mol. The Kier molecular flexibility index (Phi) is 12.6. The van der Waals surface area contributed by atoms with Gasteiger partial charge in [-0.25, -0.2) is 0 Å². The first kappa shape index (κ1) is 24.8. The Morgan fingerprint density at radius 3 is 2.07 bits per heavy atom. The Hall–Kier alpha value is -2.20. The van der Waals surface area contributed by atoms with Gasteiger partial charge in [0.15, 0.2) is 0 Å². The molecule has 0 aromatic heterocycles. The van der Waals surface area contributed by atoms with Gasteiger partial charge >= 0.3 is 11.9 Å². The van der Waals surface area contributed by atoms with E-state index in [1.54, 1.807) is 18.2 Å². The lowest BCUT2D eigenvalue weighted by molar-refractivity contribution is -0.138. The number of thioether (sulfide) groups is 2. The molecule has 0 aliphatic rings. The molecule has 0 saturated heterocycles. The van der Waals surface area contributed by atoms with Gasteiger partial charge in [-0.15, -0.1) is 23.5 Å². The standard InChI is InChI=1S/C19H26N2O6S2/c1-26-18(24)12-28-8-6-16(22)20-11-14-4-3-5-15(10-14)21-17(23)7-9-29-13-19(25)27-2/h3-5,10H,6-9,11-13H2,1-2H3,(H,20,22)(H,21,23). The molecule has 0 radical (unpaired) electrons. The Bertz CT molecular complexity index is 699. The molecule has 1 aromatic rings. The number of carbonyl (C=O) groups excluding carboxylic acids is 4. The van der Waals surface area contributed by atoms with E-state index in [1.165, 1.54) is 37.7 Å². The van der Waals surface area contributed by atoms with Gasteiger partial charge in [0, 0.05) is 36.6 Å². The molecule has 160 valence electrons. The van der Waals surface area contributed by atoms with Crippen molar-refractivity contribution in [3.05, 3.63) is 29.8 Å². The number of ether oxygens (including phenoxy) is 2. The third-order valence-electron chi connectivity index (χ3n) is 3.54. The normalized spacial score (nSPS) is 10.1. The minimum atomic E-state index is -0.313. The van der Waals surface area contributed by atoms with Crippen molar-refractivity contribution in [1.29, 1.82) is 0 Å². The summed E-state index contributed by atoms with van der Waals surface area (Å²) in [6.45, 7) is 0.346. The van der Waals surface area contributed by atoms with Crippen LogP contribution < -0.4 is 10.6 Å². The molecule has 8 nitrogen and oxygen atoms in total. The summed E-state index contributed by atoms with van der Waals surface area (Å²) in [4.78, 5) is 45.8. The maximum Gasteiger partial charge on any atom is 0.315 e. The Morgan fingerprint density at radius 1 is 0.897 bits per heavy atom. The molecule has 0 aliphatic carbocycles. The van der Waals surface area contributed by atoms with E-state index in [0.29, 0.717) is 30.2 Å². The van der Waals surface area contributed by atoms with Gasteiger partial charge in [0.05, 0.1) is 25.7 Å². The zero-order chi connectivity index (χ0) is 21.5. The molecule has 2 amide bonds. The van der Waals surface area contributed by atoms with E-state index in [1.807, 2.05) is 6.07 Å². The lowest BCUT2D eigenvalue weighted by Crippen LogP contribution is -2.23. The number of anilines is 1. The molecule has 0 bridgehead atoms. The van der Waals surface area contributed by atoms with Crippen molar-refractivity contribution in [2.75, 3.05) is 42.5 Å². The molecule has 1 rings (SSSR count). The average molecular weight is 443 g/mol. The lowest BCUT2D eigenvalue weighted by Gasteiger charge is -2.09. The van der Waals surface area contributed by atoms with Crippen LogP contribution in [0.15, 0.2) is 24.3 Å². The Balaban J connectivity index is 2.29. The number of hydrogen-bond donors (Lipinski definition) is 2. The van der Waals surface area contributed by atoms with E-state index in [-0.39, 0.29) is 41.7 Å². The number of esters is 2. The molecule has 0 spiro atoms. The number of nitrogens with one attached hydrogen (secondary N) is 2. The van der Waals surface area contributed by atoms with Gasteiger partial charge in [-0.3, -0.25) is 19.2 Å². The fourth-order valence-electron chi connectivity index (χ4n) is 2.03. The molecule has 0 fully saturated rings. The molecule has 0 unspecified atom stereocenters. The predicted molar refractivity (Wildman–Crippen MR) is 115 cm³/mol. The summed E-state index contributed by atoms with van der Waals surface area (Å²) in [5.74, 6) is 0.622. The maximum atomic E-state index is 12.0. The van der Waals surface area contributed by atoms with Crippen LogP contribution in [0.25, 0.3) is 0 Å². The van der Waals surface area contributed by atoms with E-state index in [9.17, 15) is 19.2 Å². The highest BCUT2D eigenvalue weighted by Gasteiger charge is 2.07. The summed E-state index contributed by atoms with van der Waals surface area (Å²) < 4.78 is 9.07. The highest BCUT2D eigenvalue weighted by molar-refractivity contribution is 8.00. The molecule has 0 heterocycles. The number of benzene rings is 1. The van der Waals surface area contributed by atoms with Crippen LogP contribution in [0.5, 0.6) is 0 Å². The van der Waals surface area contributed by atoms with E-state index < -0.39 is 0 Å². The summed E-state index contributed by atoms with van der Waals surface area (Å²) in [7, 11) is 2.66. The van der Waals surface area contributed by atoms with Crippen LogP contribution in [0.2, 0.25) is 0 Å². The van der Waals surface area contributed by atoms with Crippen LogP contribution in [0.4, 0.5) is 5.69 Å². The number of amides is 2. The van der Waals surface area contributed by atoms with Gasteiger partial charge in [0.25, 0.3) is 0 Å². The van der Waals surface area contributed by atoms with Crippen molar-refractivity contribution < 1.29 is 28.7 Å². The quantitative estimate of drug-likeness (QED) is 0.352. The summed E-state index contributed by atoms with van der Waals surface area (Å²) in [5.41, 5.74) is 1.51. The highest BCUT2D eigenvalue weighted by atomic mass is 32.2. The molecule has 2 N–H and O–H groups in total. The number of carbonyl (C=O) groups is 4. The van der Waals surface area contributed by atoms with E-state index >= 15 is 0 Å². The summed E-state index contributed by atoms with van der Waals surface area (Å²) >= 11 is 2.69. The molecule has 0 saturated carbocycles. The van der Waals surface area contributed by atoms with Crippen molar-refractivity contribution in [1.82, 2.24) is 5.32 Å². The van der Waals surface area contributed by atoms with Crippen molar-refractivity contribution in [2.24, 2.45) is 0 Å². The summed E-state index contributed by atoms with van der Waals surface area (Å²) in [6.07, 6.45) is 0.590. The van der Waals surface area contributed by atoms with Crippen LogP contribution in [0.1, 0.15) is 18.4 Å². The third-order valence-corrected chi connectivity index (χ3v) is 5.41. The average Bonchev–Trinajstić information content (AvgIpc) is 2.72. The lowest BCUT2D eigenvalue weighted by atomic mass is 10.2. The van der Waals surface area contributed by atoms with Crippen molar-refractivity contribution in [3.63, 3.8) is 0 Å². The molecular formula is C19H26N2O6S2. The second kappa shape index (κ2) is 14.7. The molecule has 0 aliphatic heterocycles. The van der Waals surface area contributed by atoms with Gasteiger partial charge in [-0.05, 0) is 17.7 Å². The van der Waals surface area contributed by atoms with Gasteiger partial charge < -0.3 is 20.1 Å². The second-order valence-corrected chi connectivity index (χ2v) is 7.99. The first-order valence-corrected chi connectivity index (χ1v) is 11.2. The molecule has 10 heteroatoms. The predicted octanol–water partition coefficient (Wildman–Crippen LogP) is 1.83. The second-order valence-electron chi connectivity index (χ2n) is 5.78. The van der Waals surface area contributed by atoms with Crippen molar-refractivity contribution in [2.45, 2.75) is 19.4 Å². The number of methoxy groups -OCH3 is 2. The van der Waals surface area contributed by atoms with Crippen LogP contribution >= 0.6 is 23.5 Å². The fourth-order valence-corrected chi connectivity index (χ4v) is 3.55. The van der Waals surface area contributed by atoms with Gasteiger partial charge in [-0.1, -0.05) is 12.1 Å². The summed E-state index contributed by atoms with van der Waals surface area (Å²) in [6, 6.07) is 7.23. The minimum absolute atomic E-state index is 0.112. The van der Waals surface area contributed by atoms with Crippen molar-refractivity contribution >= 4 is 53.0 Å². The first-order valence-electron chi connectivity index (χ1n) is 8.89. The van der Waals surface area contributed by atoms with Crippen LogP contribution in [-0.4, -0.2) is 61.0 Å². The van der Waals surface area contributed by atoms with Gasteiger partial charge in [0.1, 0.15) is 0 Å². The Morgan fingerprint density at radius 2 is 1.48 bits per heavy atom. The maximum absolute atomic E-state index is 12.0. The fraction of sp³-hybridized carbons (Fsp3) is 0.474. The number of rotatable bonds is 13. The molecule has 1 aromatic carbocycles. The number of hydrogen-bond acceptors (Lipinski definition) is 8. The largest absolute Gasteiger partial charge is 0.468 e. The van der Waals surface area contributed by atoms with Crippen LogP contribution in [0, 0.1) is 0 Å².